The van der Waals surface area contributed by atoms with Crippen LogP contribution in [0.15, 0.2) is 60.7 Å². The van der Waals surface area contributed by atoms with Gasteiger partial charge in [-0.15, -0.1) is 0 Å². The second-order valence-electron chi connectivity index (χ2n) is 6.92. The van der Waals surface area contributed by atoms with E-state index in [-0.39, 0.29) is 5.91 Å². The van der Waals surface area contributed by atoms with Crippen molar-refractivity contribution in [3.05, 3.63) is 88.8 Å². The average Bonchev–Trinajstić information content (AvgIpc) is 3.00. The van der Waals surface area contributed by atoms with Crippen LogP contribution >= 0.6 is 0 Å². The van der Waals surface area contributed by atoms with Gasteiger partial charge in [-0.3, -0.25) is 9.59 Å². The van der Waals surface area contributed by atoms with Crippen molar-refractivity contribution in [2.45, 2.75) is 20.4 Å². The van der Waals surface area contributed by atoms with Crippen molar-refractivity contribution < 1.29 is 9.59 Å². The Morgan fingerprint density at radius 1 is 1.10 bits per heavy atom. The molecule has 0 saturated carbocycles. The fourth-order valence-corrected chi connectivity index (χ4v) is 3.17. The summed E-state index contributed by atoms with van der Waals surface area (Å²) in [6, 6.07) is 16.9. The molecular formula is C23H24N4O2. The Morgan fingerprint density at radius 3 is 2.52 bits per heavy atom. The van der Waals surface area contributed by atoms with Crippen molar-refractivity contribution in [1.82, 2.24) is 14.7 Å². The van der Waals surface area contributed by atoms with E-state index in [9.17, 15) is 9.59 Å². The number of hydrogen-bond donors (Lipinski definition) is 1. The second-order valence-corrected chi connectivity index (χ2v) is 6.92. The molecule has 0 saturated heterocycles. The molecule has 148 valence electrons. The zero-order valence-corrected chi connectivity index (χ0v) is 16.8. The lowest BCUT2D eigenvalue weighted by Gasteiger charge is -2.15. The minimum absolute atomic E-state index is 0.138. The Labute approximate surface area is 170 Å². The molecule has 0 aliphatic heterocycles. The molecule has 0 aliphatic carbocycles. The van der Waals surface area contributed by atoms with Crippen molar-refractivity contribution >= 4 is 17.9 Å². The molecule has 2 aromatic carbocycles. The van der Waals surface area contributed by atoms with Gasteiger partial charge in [-0.25, -0.2) is 4.68 Å². The molecule has 0 atom stereocenters. The third kappa shape index (κ3) is 4.60. The average molecular weight is 388 g/mol. The van der Waals surface area contributed by atoms with Crippen LogP contribution < -0.4 is 5.73 Å². The second kappa shape index (κ2) is 8.56. The molecular weight excluding hydrogens is 364 g/mol. The third-order valence-electron chi connectivity index (χ3n) is 4.75. The Kier molecular flexibility index (Phi) is 5.93. The molecule has 1 heterocycles. The number of para-hydroxylation sites is 1. The number of primary amides is 1. The summed E-state index contributed by atoms with van der Waals surface area (Å²) in [6.07, 6.45) is 3.35. The van der Waals surface area contributed by atoms with E-state index < -0.39 is 5.91 Å². The number of hydrogen-bond acceptors (Lipinski definition) is 3. The van der Waals surface area contributed by atoms with E-state index in [1.165, 1.54) is 0 Å². The maximum atomic E-state index is 12.6. The van der Waals surface area contributed by atoms with Gasteiger partial charge in [0.05, 0.1) is 11.4 Å². The molecule has 0 fully saturated rings. The molecule has 0 unspecified atom stereocenters. The van der Waals surface area contributed by atoms with Crippen LogP contribution in [0.3, 0.4) is 0 Å². The van der Waals surface area contributed by atoms with E-state index in [2.05, 4.69) is 5.10 Å². The van der Waals surface area contributed by atoms with Crippen molar-refractivity contribution in [3.8, 4) is 5.69 Å². The van der Waals surface area contributed by atoms with Crippen molar-refractivity contribution in [2.75, 3.05) is 7.05 Å². The number of nitrogens with two attached hydrogens (primary N) is 1. The summed E-state index contributed by atoms with van der Waals surface area (Å²) >= 11 is 0. The largest absolute Gasteiger partial charge is 0.366 e. The molecule has 0 radical (unpaired) electrons. The number of carbonyl (C=O) groups excluding carboxylic acids is 2. The van der Waals surface area contributed by atoms with Gasteiger partial charge in [-0.2, -0.15) is 5.10 Å². The smallest absolute Gasteiger partial charge is 0.248 e. The highest BCUT2D eigenvalue weighted by Gasteiger charge is 2.12. The van der Waals surface area contributed by atoms with E-state index in [4.69, 9.17) is 5.73 Å². The van der Waals surface area contributed by atoms with Gasteiger partial charge < -0.3 is 10.6 Å². The predicted molar refractivity (Wildman–Crippen MR) is 114 cm³/mol. The molecule has 29 heavy (non-hydrogen) atoms. The lowest BCUT2D eigenvalue weighted by Crippen LogP contribution is -2.24. The number of aromatic nitrogens is 2. The van der Waals surface area contributed by atoms with Crippen LogP contribution in [0.1, 0.15) is 32.9 Å². The maximum Gasteiger partial charge on any atom is 0.248 e. The molecule has 3 rings (SSSR count). The standard InChI is InChI=1S/C23H24N4O2/c1-16-21(17(2)27(25-16)20-10-5-4-6-11-20)12-13-22(28)26(3)15-18-8-7-9-19(14-18)23(24)29/h4-14H,15H2,1-3H3,(H2,24,29)/b13-12+. The Bertz CT molecular complexity index is 1070. The zero-order valence-electron chi connectivity index (χ0n) is 16.8. The van der Waals surface area contributed by atoms with Crippen LogP contribution in [0.2, 0.25) is 0 Å². The van der Waals surface area contributed by atoms with Crippen LogP contribution in [0.5, 0.6) is 0 Å². The topological polar surface area (TPSA) is 81.2 Å². The molecule has 6 heteroatoms. The normalized spacial score (nSPS) is 11.0. The van der Waals surface area contributed by atoms with Gasteiger partial charge in [0.2, 0.25) is 11.8 Å². The summed E-state index contributed by atoms with van der Waals surface area (Å²) in [6.45, 7) is 4.29. The van der Waals surface area contributed by atoms with Crippen LogP contribution in [0, 0.1) is 13.8 Å². The summed E-state index contributed by atoms with van der Waals surface area (Å²) in [4.78, 5) is 25.5. The molecule has 0 aliphatic rings. The summed E-state index contributed by atoms with van der Waals surface area (Å²) in [5.74, 6) is -0.622. The number of amides is 2. The first-order valence-electron chi connectivity index (χ1n) is 9.30. The first-order valence-corrected chi connectivity index (χ1v) is 9.30. The van der Waals surface area contributed by atoms with E-state index in [1.54, 1.807) is 42.3 Å². The summed E-state index contributed by atoms with van der Waals surface area (Å²) in [7, 11) is 1.72. The van der Waals surface area contributed by atoms with Crippen LogP contribution in [0.4, 0.5) is 0 Å². The fourth-order valence-electron chi connectivity index (χ4n) is 3.17. The number of benzene rings is 2. The van der Waals surface area contributed by atoms with Gasteiger partial charge in [0, 0.05) is 36.5 Å². The van der Waals surface area contributed by atoms with Crippen molar-refractivity contribution in [1.29, 1.82) is 0 Å². The quantitative estimate of drug-likeness (QED) is 0.658. The first-order chi connectivity index (χ1) is 13.9. The zero-order chi connectivity index (χ0) is 21.0. The number of aryl methyl sites for hydroxylation is 1. The van der Waals surface area contributed by atoms with E-state index >= 15 is 0 Å². The highest BCUT2D eigenvalue weighted by Crippen LogP contribution is 2.19. The fraction of sp³-hybridized carbons (Fsp3) is 0.174. The monoisotopic (exact) mass is 388 g/mol. The number of nitrogens with zero attached hydrogens (tertiary/aromatic N) is 3. The molecule has 0 bridgehead atoms. The molecule has 0 spiro atoms. The van der Waals surface area contributed by atoms with Gasteiger partial charge in [0.15, 0.2) is 0 Å². The maximum absolute atomic E-state index is 12.6. The molecule has 2 amide bonds. The van der Waals surface area contributed by atoms with E-state index in [1.807, 2.05) is 54.9 Å². The predicted octanol–water partition coefficient (Wildman–Crippen LogP) is 3.26. The van der Waals surface area contributed by atoms with Crippen molar-refractivity contribution in [2.24, 2.45) is 5.73 Å². The lowest BCUT2D eigenvalue weighted by atomic mass is 10.1. The van der Waals surface area contributed by atoms with Gasteiger partial charge in [0.1, 0.15) is 0 Å². The Balaban J connectivity index is 1.74. The minimum atomic E-state index is -0.484. The van der Waals surface area contributed by atoms with Crippen LogP contribution in [-0.2, 0) is 11.3 Å². The van der Waals surface area contributed by atoms with Crippen molar-refractivity contribution in [3.63, 3.8) is 0 Å². The minimum Gasteiger partial charge on any atom is -0.366 e. The molecule has 1 aromatic heterocycles. The number of carbonyl (C=O) groups is 2. The number of rotatable bonds is 6. The number of likely N-dealkylation sites (N-methyl/N-ethyl adjacent to an activating group) is 1. The van der Waals surface area contributed by atoms with Crippen LogP contribution in [-0.4, -0.2) is 33.5 Å². The molecule has 6 nitrogen and oxygen atoms in total. The van der Waals surface area contributed by atoms with Gasteiger partial charge in [-0.05, 0) is 49.8 Å². The summed E-state index contributed by atoms with van der Waals surface area (Å²) < 4.78 is 1.87. The van der Waals surface area contributed by atoms with Gasteiger partial charge >= 0.3 is 0 Å². The third-order valence-corrected chi connectivity index (χ3v) is 4.75. The van der Waals surface area contributed by atoms with Gasteiger partial charge in [0.25, 0.3) is 0 Å². The SMILES string of the molecule is Cc1nn(-c2ccccc2)c(C)c1/C=C/C(=O)N(C)Cc1cccc(C(N)=O)c1. The summed E-state index contributed by atoms with van der Waals surface area (Å²) in [5, 5.41) is 4.59. The Hall–Kier alpha value is -3.67. The molecule has 2 N–H and O–H groups in total. The van der Waals surface area contributed by atoms with E-state index in [0.29, 0.717) is 12.1 Å². The van der Waals surface area contributed by atoms with E-state index in [0.717, 1.165) is 28.2 Å². The highest BCUT2D eigenvalue weighted by atomic mass is 16.2. The lowest BCUT2D eigenvalue weighted by molar-refractivity contribution is -0.125. The summed E-state index contributed by atoms with van der Waals surface area (Å²) in [5.41, 5.74) is 10.3. The highest BCUT2D eigenvalue weighted by molar-refractivity contribution is 5.93. The molecule has 3 aromatic rings. The first kappa shape index (κ1) is 20.1. The Morgan fingerprint density at radius 2 is 1.83 bits per heavy atom. The van der Waals surface area contributed by atoms with Gasteiger partial charge in [-0.1, -0.05) is 30.3 Å². The van der Waals surface area contributed by atoms with Crippen LogP contribution in [0.25, 0.3) is 11.8 Å².